The standard InChI is InChI=1S/C13H13N5S/c1-2-3-4-13-17-10(8-19-13)7-18-9-16-11(5-14)12(18)6-15/h8-9H,2-4,7H2,1H3. The maximum atomic E-state index is 9.04. The van der Waals surface area contributed by atoms with Crippen molar-refractivity contribution >= 4 is 11.3 Å². The second-order valence-electron chi connectivity index (χ2n) is 4.13. The lowest BCUT2D eigenvalue weighted by Gasteiger charge is -1.99. The highest BCUT2D eigenvalue weighted by Gasteiger charge is 2.11. The van der Waals surface area contributed by atoms with Gasteiger partial charge in [0.1, 0.15) is 12.1 Å². The lowest BCUT2D eigenvalue weighted by atomic mass is 10.3. The second kappa shape index (κ2) is 6.12. The fourth-order valence-electron chi connectivity index (χ4n) is 1.74. The van der Waals surface area contributed by atoms with E-state index in [2.05, 4.69) is 16.9 Å². The molecule has 0 spiro atoms. The van der Waals surface area contributed by atoms with E-state index in [-0.39, 0.29) is 5.69 Å². The van der Waals surface area contributed by atoms with Crippen molar-refractivity contribution in [3.05, 3.63) is 33.8 Å². The van der Waals surface area contributed by atoms with E-state index < -0.39 is 0 Å². The van der Waals surface area contributed by atoms with Crippen LogP contribution in [0.25, 0.3) is 0 Å². The van der Waals surface area contributed by atoms with Crippen molar-refractivity contribution in [1.29, 1.82) is 10.5 Å². The smallest absolute Gasteiger partial charge is 0.176 e. The van der Waals surface area contributed by atoms with Crippen molar-refractivity contribution in [3.63, 3.8) is 0 Å². The largest absolute Gasteiger partial charge is 0.315 e. The highest BCUT2D eigenvalue weighted by molar-refractivity contribution is 7.09. The summed E-state index contributed by atoms with van der Waals surface area (Å²) in [5.74, 6) is 0. The molecule has 0 bridgehead atoms. The van der Waals surface area contributed by atoms with Gasteiger partial charge >= 0.3 is 0 Å². The van der Waals surface area contributed by atoms with Crippen LogP contribution in [0.2, 0.25) is 0 Å². The Morgan fingerprint density at radius 1 is 1.37 bits per heavy atom. The molecule has 2 heterocycles. The maximum absolute atomic E-state index is 9.04. The first-order valence-electron chi connectivity index (χ1n) is 6.07. The van der Waals surface area contributed by atoms with Crippen LogP contribution in [0.5, 0.6) is 0 Å². The van der Waals surface area contributed by atoms with E-state index in [1.165, 1.54) is 6.33 Å². The van der Waals surface area contributed by atoms with Gasteiger partial charge in [0.2, 0.25) is 0 Å². The van der Waals surface area contributed by atoms with Crippen LogP contribution in [0.4, 0.5) is 0 Å². The predicted molar refractivity (Wildman–Crippen MR) is 71.5 cm³/mol. The van der Waals surface area contributed by atoms with Gasteiger partial charge in [0, 0.05) is 5.38 Å². The first kappa shape index (κ1) is 13.3. The number of hydrogen-bond acceptors (Lipinski definition) is 5. The summed E-state index contributed by atoms with van der Waals surface area (Å²) in [7, 11) is 0. The summed E-state index contributed by atoms with van der Waals surface area (Å²) in [4.78, 5) is 8.44. The van der Waals surface area contributed by atoms with Crippen molar-refractivity contribution in [1.82, 2.24) is 14.5 Å². The predicted octanol–water partition coefficient (Wildman–Crippen LogP) is 2.47. The van der Waals surface area contributed by atoms with Gasteiger partial charge in [-0.25, -0.2) is 9.97 Å². The highest BCUT2D eigenvalue weighted by Crippen LogP contribution is 2.15. The molecule has 0 aliphatic heterocycles. The molecule has 2 aromatic rings. The van der Waals surface area contributed by atoms with Crippen molar-refractivity contribution in [3.8, 4) is 12.1 Å². The fourth-order valence-corrected chi connectivity index (χ4v) is 2.57. The van der Waals surface area contributed by atoms with Gasteiger partial charge in [-0.3, -0.25) is 0 Å². The summed E-state index contributed by atoms with van der Waals surface area (Å²) < 4.78 is 1.66. The molecule has 0 amide bonds. The first-order chi connectivity index (χ1) is 9.28. The van der Waals surface area contributed by atoms with Crippen LogP contribution >= 0.6 is 11.3 Å². The van der Waals surface area contributed by atoms with Gasteiger partial charge in [-0.2, -0.15) is 10.5 Å². The molecule has 0 aromatic carbocycles. The Labute approximate surface area is 115 Å². The lowest BCUT2D eigenvalue weighted by molar-refractivity contribution is 0.750. The summed E-state index contributed by atoms with van der Waals surface area (Å²) in [6.45, 7) is 2.64. The van der Waals surface area contributed by atoms with E-state index in [1.54, 1.807) is 15.9 Å². The molecular formula is C13H13N5S. The second-order valence-corrected chi connectivity index (χ2v) is 5.07. The molecule has 0 unspecified atom stereocenters. The molecule has 0 aliphatic carbocycles. The zero-order chi connectivity index (χ0) is 13.7. The third kappa shape index (κ3) is 2.98. The Bertz CT molecular complexity index is 641. The number of aryl methyl sites for hydroxylation is 1. The minimum atomic E-state index is 0.170. The molecule has 0 saturated carbocycles. The molecule has 2 rings (SSSR count). The number of nitrogens with zero attached hydrogens (tertiary/aromatic N) is 5. The van der Waals surface area contributed by atoms with Crippen LogP contribution < -0.4 is 0 Å². The van der Waals surface area contributed by atoms with Crippen molar-refractivity contribution in [2.24, 2.45) is 0 Å². The minimum Gasteiger partial charge on any atom is -0.315 e. The average Bonchev–Trinajstić information content (AvgIpc) is 3.03. The van der Waals surface area contributed by atoms with Gasteiger partial charge in [0.25, 0.3) is 0 Å². The summed E-state index contributed by atoms with van der Waals surface area (Å²) in [6.07, 6.45) is 4.81. The van der Waals surface area contributed by atoms with E-state index >= 15 is 0 Å². The van der Waals surface area contributed by atoms with E-state index in [9.17, 15) is 0 Å². The van der Waals surface area contributed by atoms with Crippen molar-refractivity contribution < 1.29 is 0 Å². The molecule has 0 radical (unpaired) electrons. The molecule has 0 aliphatic rings. The van der Waals surface area contributed by atoms with Crippen LogP contribution in [0.1, 0.15) is 41.9 Å². The highest BCUT2D eigenvalue weighted by atomic mass is 32.1. The maximum Gasteiger partial charge on any atom is 0.176 e. The Kier molecular flexibility index (Phi) is 4.27. The monoisotopic (exact) mass is 271 g/mol. The molecule has 19 heavy (non-hydrogen) atoms. The van der Waals surface area contributed by atoms with Crippen LogP contribution in [0.15, 0.2) is 11.7 Å². The Balaban J connectivity index is 2.14. The van der Waals surface area contributed by atoms with Gasteiger partial charge in [-0.1, -0.05) is 13.3 Å². The van der Waals surface area contributed by atoms with E-state index in [0.29, 0.717) is 12.2 Å². The Morgan fingerprint density at radius 2 is 2.21 bits per heavy atom. The first-order valence-corrected chi connectivity index (χ1v) is 6.95. The molecule has 0 atom stereocenters. The molecule has 0 saturated heterocycles. The van der Waals surface area contributed by atoms with Gasteiger partial charge < -0.3 is 4.57 Å². The van der Waals surface area contributed by atoms with Crippen LogP contribution in [0, 0.1) is 22.7 Å². The molecule has 0 fully saturated rings. The number of thiazole rings is 1. The quantitative estimate of drug-likeness (QED) is 0.836. The Hall–Kier alpha value is -2.18. The number of nitriles is 2. The van der Waals surface area contributed by atoms with Crippen molar-refractivity contribution in [2.75, 3.05) is 0 Å². The molecular weight excluding hydrogens is 258 g/mol. The number of imidazole rings is 1. The molecule has 0 N–H and O–H groups in total. The molecule has 2 aromatic heterocycles. The van der Waals surface area contributed by atoms with Crippen LogP contribution in [-0.2, 0) is 13.0 Å². The SMILES string of the molecule is CCCCc1nc(Cn2cnc(C#N)c2C#N)cs1. The lowest BCUT2D eigenvalue weighted by Crippen LogP contribution is -2.02. The molecule has 96 valence electrons. The zero-order valence-corrected chi connectivity index (χ0v) is 11.4. The molecule has 6 heteroatoms. The minimum absolute atomic E-state index is 0.170. The summed E-state index contributed by atoms with van der Waals surface area (Å²) in [6, 6.07) is 3.92. The fraction of sp³-hybridized carbons (Fsp3) is 0.385. The molecule has 5 nitrogen and oxygen atoms in total. The van der Waals surface area contributed by atoms with E-state index in [4.69, 9.17) is 10.5 Å². The van der Waals surface area contributed by atoms with Crippen LogP contribution in [0.3, 0.4) is 0 Å². The normalized spacial score (nSPS) is 10.1. The third-order valence-corrected chi connectivity index (χ3v) is 3.68. The van der Waals surface area contributed by atoms with E-state index in [1.807, 2.05) is 17.5 Å². The average molecular weight is 271 g/mol. The van der Waals surface area contributed by atoms with Crippen molar-refractivity contribution in [2.45, 2.75) is 32.7 Å². The zero-order valence-electron chi connectivity index (χ0n) is 10.6. The summed E-state index contributed by atoms with van der Waals surface area (Å²) >= 11 is 1.64. The van der Waals surface area contributed by atoms with Gasteiger partial charge in [-0.15, -0.1) is 11.3 Å². The number of unbranched alkanes of at least 4 members (excludes halogenated alkanes) is 1. The van der Waals surface area contributed by atoms with Gasteiger partial charge in [0.15, 0.2) is 11.4 Å². The topological polar surface area (TPSA) is 78.3 Å². The number of hydrogen-bond donors (Lipinski definition) is 0. The van der Waals surface area contributed by atoms with Gasteiger partial charge in [0.05, 0.1) is 23.6 Å². The summed E-state index contributed by atoms with van der Waals surface area (Å²) in [5, 5.41) is 21.0. The van der Waals surface area contributed by atoms with E-state index in [0.717, 1.165) is 30.0 Å². The summed E-state index contributed by atoms with van der Waals surface area (Å²) in [5.41, 5.74) is 1.38. The van der Waals surface area contributed by atoms with Crippen LogP contribution in [-0.4, -0.2) is 14.5 Å². The number of rotatable bonds is 5. The number of aromatic nitrogens is 3. The third-order valence-electron chi connectivity index (χ3n) is 2.73. The van der Waals surface area contributed by atoms with Gasteiger partial charge in [-0.05, 0) is 12.8 Å². The Morgan fingerprint density at radius 3 is 2.89 bits per heavy atom.